The van der Waals surface area contributed by atoms with Crippen molar-refractivity contribution in [2.45, 2.75) is 162 Å². The number of ether oxygens (including phenoxy) is 2. The van der Waals surface area contributed by atoms with Gasteiger partial charge in [0.1, 0.15) is 6.61 Å². The van der Waals surface area contributed by atoms with E-state index in [1.54, 1.807) is 12.2 Å². The van der Waals surface area contributed by atoms with Crippen molar-refractivity contribution in [3.63, 3.8) is 0 Å². The zero-order chi connectivity index (χ0) is 36.4. The van der Waals surface area contributed by atoms with Gasteiger partial charge in [0.15, 0.2) is 11.9 Å². The number of ketones is 1. The van der Waals surface area contributed by atoms with Crippen LogP contribution in [-0.4, -0.2) is 46.8 Å². The minimum absolute atomic E-state index is 0.164. The van der Waals surface area contributed by atoms with Crippen molar-refractivity contribution in [2.75, 3.05) is 13.2 Å². The molecule has 9 nitrogen and oxygen atoms in total. The number of rotatable bonds is 33. The lowest BCUT2D eigenvalue weighted by Crippen LogP contribution is -2.29. The number of allylic oxidation sites excluding steroid dienone is 8. The number of carbonyl (C=O) groups excluding carboxylic acids is 3. The van der Waals surface area contributed by atoms with Crippen LogP contribution in [0, 0.1) is 5.92 Å². The molecule has 0 amide bonds. The van der Waals surface area contributed by atoms with Crippen molar-refractivity contribution in [3.8, 4) is 0 Å². The summed E-state index contributed by atoms with van der Waals surface area (Å²) in [5, 5.41) is 0. The molecule has 0 spiro atoms. The molecular formula is C39H67O9P. The molecule has 49 heavy (non-hydrogen) atoms. The van der Waals surface area contributed by atoms with Crippen LogP contribution in [0.15, 0.2) is 48.6 Å². The summed E-state index contributed by atoms with van der Waals surface area (Å²) in [6, 6.07) is 0. The van der Waals surface area contributed by atoms with Crippen LogP contribution >= 0.6 is 7.82 Å². The van der Waals surface area contributed by atoms with Crippen molar-refractivity contribution in [3.05, 3.63) is 48.6 Å². The average molecular weight is 711 g/mol. The van der Waals surface area contributed by atoms with Crippen molar-refractivity contribution in [1.82, 2.24) is 0 Å². The molecule has 0 saturated heterocycles. The Balaban J connectivity index is 4.13. The van der Waals surface area contributed by atoms with Crippen LogP contribution in [-0.2, 0) is 32.9 Å². The zero-order valence-corrected chi connectivity index (χ0v) is 31.6. The monoisotopic (exact) mass is 710 g/mol. The number of esters is 2. The third-order valence-electron chi connectivity index (χ3n) is 7.75. The van der Waals surface area contributed by atoms with Gasteiger partial charge >= 0.3 is 19.8 Å². The quantitative estimate of drug-likeness (QED) is 0.0170. The minimum Gasteiger partial charge on any atom is -0.462 e. The summed E-state index contributed by atoms with van der Waals surface area (Å²) < 4.78 is 26.2. The van der Waals surface area contributed by atoms with Gasteiger partial charge in [-0.25, -0.2) is 4.57 Å². The van der Waals surface area contributed by atoms with E-state index < -0.39 is 32.5 Å². The fraction of sp³-hybridized carbons (Fsp3) is 0.718. The first-order chi connectivity index (χ1) is 23.5. The summed E-state index contributed by atoms with van der Waals surface area (Å²) in [6.45, 7) is 5.76. The third kappa shape index (κ3) is 36.8. The van der Waals surface area contributed by atoms with Gasteiger partial charge in [0.2, 0.25) is 0 Å². The summed E-state index contributed by atoms with van der Waals surface area (Å²) in [4.78, 5) is 54.3. The van der Waals surface area contributed by atoms with Crippen molar-refractivity contribution < 1.29 is 42.7 Å². The smallest absolute Gasteiger partial charge is 0.462 e. The highest BCUT2D eigenvalue weighted by atomic mass is 31.2. The first-order valence-corrected chi connectivity index (χ1v) is 20.3. The summed E-state index contributed by atoms with van der Waals surface area (Å²) in [6.07, 6.45) is 34.0. The van der Waals surface area contributed by atoms with Crippen molar-refractivity contribution in [1.29, 1.82) is 0 Å². The van der Waals surface area contributed by atoms with Gasteiger partial charge in [-0.3, -0.25) is 18.9 Å². The Bertz CT molecular complexity index is 1010. The second kappa shape index (κ2) is 32.9. The van der Waals surface area contributed by atoms with E-state index in [9.17, 15) is 18.9 Å². The van der Waals surface area contributed by atoms with Crippen LogP contribution in [0.3, 0.4) is 0 Å². The minimum atomic E-state index is -4.77. The van der Waals surface area contributed by atoms with Crippen LogP contribution in [0.2, 0.25) is 0 Å². The van der Waals surface area contributed by atoms with E-state index in [4.69, 9.17) is 19.3 Å². The van der Waals surface area contributed by atoms with Crippen LogP contribution in [0.25, 0.3) is 0 Å². The lowest BCUT2D eigenvalue weighted by Gasteiger charge is -2.18. The number of carbonyl (C=O) groups is 3. The number of unbranched alkanes of at least 4 members (excludes halogenated alkanes) is 12. The molecule has 0 aliphatic rings. The Morgan fingerprint density at radius 3 is 1.86 bits per heavy atom. The molecule has 0 aliphatic heterocycles. The molecule has 0 fully saturated rings. The normalized spacial score (nSPS) is 13.0. The molecule has 0 radical (unpaired) electrons. The van der Waals surface area contributed by atoms with Gasteiger partial charge in [0, 0.05) is 19.3 Å². The number of phosphoric ester groups is 1. The highest BCUT2D eigenvalue weighted by Crippen LogP contribution is 2.36. The van der Waals surface area contributed by atoms with E-state index >= 15 is 0 Å². The Labute approximate surface area is 297 Å². The van der Waals surface area contributed by atoms with Crippen LogP contribution in [0.4, 0.5) is 0 Å². The maximum absolute atomic E-state index is 12.3. The Morgan fingerprint density at radius 1 is 0.653 bits per heavy atom. The molecule has 0 aromatic heterocycles. The van der Waals surface area contributed by atoms with Gasteiger partial charge in [-0.05, 0) is 50.5 Å². The SMILES string of the molecule is CCCCCC(=O)/C=C/C=C\C/C=C\C/C=C\CCCC(=O)OC[C@H](COP(=O)(O)O)OC(=O)CCCCCCCCCCCCC(C)C. The fourth-order valence-electron chi connectivity index (χ4n) is 4.92. The molecule has 1 atom stereocenters. The van der Waals surface area contributed by atoms with E-state index in [0.29, 0.717) is 25.7 Å². The standard InChI is InChI=1S/C39H67O9P/c1-4-5-23-29-36(40)30-25-20-16-12-7-6-8-13-17-21-26-31-38(41)46-33-37(34-47-49(43,44)45)48-39(42)32-27-22-18-14-10-9-11-15-19-24-28-35(2)3/h6-7,13,16-17,20,25,30,35,37H,4-5,8-12,14-15,18-19,21-24,26-29,31-34H2,1-3H3,(H2,43,44,45)/b7-6-,17-13-,20-16-,30-25+/t37-/m1/s1. The third-order valence-corrected chi connectivity index (χ3v) is 8.24. The van der Waals surface area contributed by atoms with Gasteiger partial charge in [0.25, 0.3) is 0 Å². The average Bonchev–Trinajstić information content (AvgIpc) is 3.04. The van der Waals surface area contributed by atoms with Gasteiger partial charge in [-0.2, -0.15) is 0 Å². The lowest BCUT2D eigenvalue weighted by atomic mass is 10.0. The molecule has 0 aliphatic carbocycles. The topological polar surface area (TPSA) is 136 Å². The van der Waals surface area contributed by atoms with E-state index in [0.717, 1.165) is 57.3 Å². The molecular weight excluding hydrogens is 643 g/mol. The fourth-order valence-corrected chi connectivity index (χ4v) is 5.28. The molecule has 0 saturated carbocycles. The van der Waals surface area contributed by atoms with Crippen molar-refractivity contribution in [2.24, 2.45) is 5.92 Å². The number of phosphoric acid groups is 1. The van der Waals surface area contributed by atoms with Gasteiger partial charge in [0.05, 0.1) is 6.61 Å². The Hall–Kier alpha value is -2.32. The summed E-state index contributed by atoms with van der Waals surface area (Å²) in [7, 11) is -4.77. The van der Waals surface area contributed by atoms with Gasteiger partial charge in [-0.15, -0.1) is 0 Å². The van der Waals surface area contributed by atoms with E-state index in [1.165, 1.54) is 44.9 Å². The van der Waals surface area contributed by atoms with Crippen LogP contribution in [0.1, 0.15) is 156 Å². The van der Waals surface area contributed by atoms with Gasteiger partial charge in [-0.1, -0.05) is 140 Å². The number of hydrogen-bond donors (Lipinski definition) is 2. The molecule has 10 heteroatoms. The maximum Gasteiger partial charge on any atom is 0.469 e. The molecule has 0 rings (SSSR count). The van der Waals surface area contributed by atoms with Gasteiger partial charge < -0.3 is 19.3 Å². The lowest BCUT2D eigenvalue weighted by molar-refractivity contribution is -0.161. The first kappa shape index (κ1) is 46.7. The molecule has 282 valence electrons. The van der Waals surface area contributed by atoms with E-state index in [1.807, 2.05) is 36.5 Å². The van der Waals surface area contributed by atoms with E-state index in [2.05, 4.69) is 25.3 Å². The van der Waals surface area contributed by atoms with Crippen LogP contribution in [0.5, 0.6) is 0 Å². The van der Waals surface area contributed by atoms with Crippen molar-refractivity contribution >= 4 is 25.5 Å². The largest absolute Gasteiger partial charge is 0.469 e. The van der Waals surface area contributed by atoms with Crippen LogP contribution < -0.4 is 0 Å². The second-order valence-corrected chi connectivity index (χ2v) is 14.3. The molecule has 0 heterocycles. The maximum atomic E-state index is 12.3. The predicted octanol–water partition coefficient (Wildman–Crippen LogP) is 10.2. The Morgan fingerprint density at radius 2 is 1.22 bits per heavy atom. The molecule has 0 aromatic carbocycles. The molecule has 2 N–H and O–H groups in total. The highest BCUT2D eigenvalue weighted by molar-refractivity contribution is 7.46. The second-order valence-electron chi connectivity index (χ2n) is 13.1. The summed E-state index contributed by atoms with van der Waals surface area (Å²) in [5.41, 5.74) is 0. The zero-order valence-electron chi connectivity index (χ0n) is 30.7. The molecule has 0 unspecified atom stereocenters. The van der Waals surface area contributed by atoms with E-state index in [-0.39, 0.29) is 25.2 Å². The first-order valence-electron chi connectivity index (χ1n) is 18.7. The summed E-state index contributed by atoms with van der Waals surface area (Å²) in [5.74, 6) is -0.0338. The highest BCUT2D eigenvalue weighted by Gasteiger charge is 2.22. The molecule has 0 aromatic rings. The molecule has 0 bridgehead atoms. The predicted molar refractivity (Wildman–Crippen MR) is 198 cm³/mol. The Kier molecular flexibility index (Phi) is 31.3. The number of hydrogen-bond acceptors (Lipinski definition) is 7. The summed E-state index contributed by atoms with van der Waals surface area (Å²) >= 11 is 0.